The topological polar surface area (TPSA) is 84.5 Å². The normalized spacial score (nSPS) is 22.2. The van der Waals surface area contributed by atoms with Gasteiger partial charge in [-0.05, 0) is 38.8 Å². The van der Waals surface area contributed by atoms with Gasteiger partial charge < -0.3 is 9.80 Å². The van der Waals surface area contributed by atoms with Gasteiger partial charge in [0.2, 0.25) is 11.8 Å². The zero-order chi connectivity index (χ0) is 22.8. The molecular weight excluding hydrogens is 410 g/mol. The fraction of sp³-hybridized carbons (Fsp3) is 0.565. The number of piperazine rings is 1. The quantitative estimate of drug-likeness (QED) is 0.635. The van der Waals surface area contributed by atoms with Crippen molar-refractivity contribution >= 4 is 29.4 Å². The predicted octanol–water partition coefficient (Wildman–Crippen LogP) is 0.919. The first-order chi connectivity index (χ1) is 15.3. The number of benzene rings is 1. The number of aryl methyl sites for hydroxylation is 1. The molecule has 5 amide bonds. The molecule has 0 aromatic heterocycles. The van der Waals surface area contributed by atoms with Gasteiger partial charge in [0, 0.05) is 45.0 Å². The lowest BCUT2D eigenvalue weighted by atomic mass is 10.2. The van der Waals surface area contributed by atoms with Crippen LogP contribution in [-0.4, -0.2) is 102 Å². The minimum atomic E-state index is -0.647. The molecule has 0 saturated carbocycles. The van der Waals surface area contributed by atoms with E-state index in [0.29, 0.717) is 38.4 Å². The lowest BCUT2D eigenvalue weighted by molar-refractivity contribution is -0.139. The van der Waals surface area contributed by atoms with Gasteiger partial charge in [-0.2, -0.15) is 0 Å². The molecule has 4 rings (SSSR count). The Labute approximate surface area is 188 Å². The molecule has 9 nitrogen and oxygen atoms in total. The van der Waals surface area contributed by atoms with Crippen molar-refractivity contribution in [1.82, 2.24) is 19.6 Å². The SMILES string of the molecule is Cc1ccc(N2C(=O)N(CC(=O)N3CCN(CC(=O)N4CCCC4)CC3)C(=O)[C@H]2C)cc1. The summed E-state index contributed by atoms with van der Waals surface area (Å²) in [6.07, 6.45) is 2.14. The Balaban J connectivity index is 1.31. The smallest absolute Gasteiger partial charge is 0.332 e. The molecule has 0 radical (unpaired) electrons. The molecule has 9 heteroatoms. The second kappa shape index (κ2) is 9.28. The molecule has 1 aromatic rings. The number of rotatable bonds is 5. The molecule has 3 aliphatic rings. The highest BCUT2D eigenvalue weighted by atomic mass is 16.2. The first kappa shape index (κ1) is 22.3. The summed E-state index contributed by atoms with van der Waals surface area (Å²) in [6, 6.07) is 6.29. The number of hydrogen-bond donors (Lipinski definition) is 0. The average Bonchev–Trinajstić information content (AvgIpc) is 3.39. The Kier molecular flexibility index (Phi) is 6.45. The lowest BCUT2D eigenvalue weighted by Gasteiger charge is -2.35. The fourth-order valence-electron chi connectivity index (χ4n) is 4.56. The van der Waals surface area contributed by atoms with Crippen LogP contribution in [0.2, 0.25) is 0 Å². The minimum Gasteiger partial charge on any atom is -0.342 e. The van der Waals surface area contributed by atoms with E-state index in [-0.39, 0.29) is 24.3 Å². The summed E-state index contributed by atoms with van der Waals surface area (Å²) in [4.78, 5) is 59.0. The Morgan fingerprint density at radius 3 is 2.03 bits per heavy atom. The Morgan fingerprint density at radius 2 is 1.41 bits per heavy atom. The first-order valence-electron chi connectivity index (χ1n) is 11.3. The van der Waals surface area contributed by atoms with Crippen LogP contribution in [-0.2, 0) is 14.4 Å². The molecule has 0 unspecified atom stereocenters. The summed E-state index contributed by atoms with van der Waals surface area (Å²) < 4.78 is 0. The standard InChI is InChI=1S/C23H31N5O4/c1-17-5-7-19(8-6-17)28-18(2)22(31)27(23(28)32)16-21(30)26-13-11-24(12-14-26)15-20(29)25-9-3-4-10-25/h5-8,18H,3-4,9-16H2,1-2H3/t18-/m1/s1. The highest BCUT2D eigenvalue weighted by Gasteiger charge is 2.44. The number of nitrogens with zero attached hydrogens (tertiary/aromatic N) is 5. The van der Waals surface area contributed by atoms with Crippen molar-refractivity contribution in [2.45, 2.75) is 32.7 Å². The van der Waals surface area contributed by atoms with Crippen LogP contribution in [0.1, 0.15) is 25.3 Å². The van der Waals surface area contributed by atoms with Gasteiger partial charge in [-0.25, -0.2) is 4.79 Å². The van der Waals surface area contributed by atoms with E-state index in [2.05, 4.69) is 4.90 Å². The van der Waals surface area contributed by atoms with Gasteiger partial charge in [0.05, 0.1) is 6.54 Å². The predicted molar refractivity (Wildman–Crippen MR) is 119 cm³/mol. The van der Waals surface area contributed by atoms with Crippen molar-refractivity contribution in [2.24, 2.45) is 0 Å². The van der Waals surface area contributed by atoms with E-state index >= 15 is 0 Å². The molecule has 32 heavy (non-hydrogen) atoms. The number of imide groups is 1. The van der Waals surface area contributed by atoms with E-state index < -0.39 is 12.1 Å². The third kappa shape index (κ3) is 4.48. The van der Waals surface area contributed by atoms with Crippen LogP contribution in [0.15, 0.2) is 24.3 Å². The maximum atomic E-state index is 12.9. The lowest BCUT2D eigenvalue weighted by Crippen LogP contribution is -2.53. The van der Waals surface area contributed by atoms with Gasteiger partial charge in [-0.15, -0.1) is 0 Å². The number of likely N-dealkylation sites (tertiary alicyclic amines) is 1. The Morgan fingerprint density at radius 1 is 0.844 bits per heavy atom. The molecule has 0 spiro atoms. The number of carbonyl (C=O) groups is 4. The van der Waals surface area contributed by atoms with E-state index in [9.17, 15) is 19.2 Å². The molecule has 1 aromatic carbocycles. The summed E-state index contributed by atoms with van der Waals surface area (Å²) in [6.45, 7) is 7.64. The number of amides is 5. The van der Waals surface area contributed by atoms with Crippen LogP contribution in [0, 0.1) is 6.92 Å². The number of urea groups is 1. The van der Waals surface area contributed by atoms with E-state index in [4.69, 9.17) is 0 Å². The van der Waals surface area contributed by atoms with E-state index in [1.165, 1.54) is 4.90 Å². The summed E-state index contributed by atoms with van der Waals surface area (Å²) in [5, 5.41) is 0. The van der Waals surface area contributed by atoms with Crippen molar-refractivity contribution in [3.63, 3.8) is 0 Å². The molecule has 0 bridgehead atoms. The zero-order valence-electron chi connectivity index (χ0n) is 18.8. The second-order valence-corrected chi connectivity index (χ2v) is 8.83. The monoisotopic (exact) mass is 441 g/mol. The molecule has 3 saturated heterocycles. The van der Waals surface area contributed by atoms with Crippen molar-refractivity contribution in [3.05, 3.63) is 29.8 Å². The molecule has 3 aliphatic heterocycles. The number of anilines is 1. The highest BCUT2D eigenvalue weighted by Crippen LogP contribution is 2.26. The molecule has 1 atom stereocenters. The van der Waals surface area contributed by atoms with Crippen molar-refractivity contribution in [3.8, 4) is 0 Å². The molecule has 0 aliphatic carbocycles. The van der Waals surface area contributed by atoms with Gasteiger partial charge in [0.1, 0.15) is 12.6 Å². The average molecular weight is 442 g/mol. The minimum absolute atomic E-state index is 0.153. The largest absolute Gasteiger partial charge is 0.342 e. The van der Waals surface area contributed by atoms with Crippen molar-refractivity contribution < 1.29 is 19.2 Å². The highest BCUT2D eigenvalue weighted by molar-refractivity contribution is 6.15. The maximum Gasteiger partial charge on any atom is 0.332 e. The second-order valence-electron chi connectivity index (χ2n) is 8.83. The maximum absolute atomic E-state index is 12.9. The van der Waals surface area contributed by atoms with Crippen LogP contribution in [0.5, 0.6) is 0 Å². The molecule has 3 heterocycles. The molecule has 172 valence electrons. The van der Waals surface area contributed by atoms with E-state index in [1.807, 2.05) is 36.1 Å². The number of hydrogen-bond acceptors (Lipinski definition) is 5. The molecule has 0 N–H and O–H groups in total. The van der Waals surface area contributed by atoms with Crippen LogP contribution in [0.25, 0.3) is 0 Å². The van der Waals surface area contributed by atoms with Gasteiger partial charge in [0.15, 0.2) is 0 Å². The van der Waals surface area contributed by atoms with Gasteiger partial charge in [-0.3, -0.25) is 29.1 Å². The number of carbonyl (C=O) groups excluding carboxylic acids is 4. The first-order valence-corrected chi connectivity index (χ1v) is 11.3. The summed E-state index contributed by atoms with van der Waals surface area (Å²) in [5.41, 5.74) is 1.71. The fourth-order valence-corrected chi connectivity index (χ4v) is 4.56. The van der Waals surface area contributed by atoms with Gasteiger partial charge >= 0.3 is 6.03 Å². The van der Waals surface area contributed by atoms with E-state index in [0.717, 1.165) is 36.4 Å². The van der Waals surface area contributed by atoms with E-state index in [1.54, 1.807) is 11.8 Å². The third-order valence-corrected chi connectivity index (χ3v) is 6.60. The van der Waals surface area contributed by atoms with Crippen molar-refractivity contribution in [2.75, 3.05) is 57.3 Å². The summed E-state index contributed by atoms with van der Waals surface area (Å²) in [5.74, 6) is -0.449. The zero-order valence-corrected chi connectivity index (χ0v) is 18.8. The van der Waals surface area contributed by atoms with Crippen LogP contribution >= 0.6 is 0 Å². The van der Waals surface area contributed by atoms with Crippen molar-refractivity contribution in [1.29, 1.82) is 0 Å². The molecule has 3 fully saturated rings. The molecular formula is C23H31N5O4. The van der Waals surface area contributed by atoms with Crippen LogP contribution in [0.3, 0.4) is 0 Å². The van der Waals surface area contributed by atoms with Gasteiger partial charge in [-0.1, -0.05) is 17.7 Å². The van der Waals surface area contributed by atoms with Crippen LogP contribution in [0.4, 0.5) is 10.5 Å². The third-order valence-electron chi connectivity index (χ3n) is 6.60. The Hall–Kier alpha value is -2.94. The summed E-state index contributed by atoms with van der Waals surface area (Å²) >= 11 is 0. The van der Waals surface area contributed by atoms with Gasteiger partial charge in [0.25, 0.3) is 5.91 Å². The Bertz CT molecular complexity index is 888. The summed E-state index contributed by atoms with van der Waals surface area (Å²) in [7, 11) is 0. The van der Waals surface area contributed by atoms with Crippen LogP contribution < -0.4 is 4.90 Å².